The Morgan fingerprint density at radius 1 is 0.579 bits per heavy atom. The molecule has 8 nitrogen and oxygen atoms in total. The number of hydrogen-bond donors (Lipinski definition) is 3. The van der Waals surface area contributed by atoms with Gasteiger partial charge in [0.25, 0.3) is 0 Å². The van der Waals surface area contributed by atoms with Gasteiger partial charge in [0.15, 0.2) is 0 Å². The molecular formula is C48H92N2O6P+. The number of phosphoric acid groups is 1. The molecule has 1 amide bonds. The molecule has 0 saturated heterocycles. The summed E-state index contributed by atoms with van der Waals surface area (Å²) in [4.78, 5) is 23.1. The number of nitrogens with one attached hydrogen (secondary N) is 1. The Morgan fingerprint density at radius 3 is 1.42 bits per heavy atom. The zero-order valence-electron chi connectivity index (χ0n) is 37.8. The summed E-state index contributed by atoms with van der Waals surface area (Å²) in [6.07, 6.45) is 50.4. The monoisotopic (exact) mass is 824 g/mol. The minimum Gasteiger partial charge on any atom is -0.387 e. The number of phosphoric ester groups is 1. The summed E-state index contributed by atoms with van der Waals surface area (Å²) in [5.74, 6) is -0.195. The van der Waals surface area contributed by atoms with Crippen molar-refractivity contribution in [3.05, 3.63) is 48.6 Å². The summed E-state index contributed by atoms with van der Waals surface area (Å²) < 4.78 is 23.5. The van der Waals surface area contributed by atoms with E-state index >= 15 is 0 Å². The molecule has 0 aromatic rings. The normalized spacial score (nSPS) is 14.7. The van der Waals surface area contributed by atoms with E-state index in [-0.39, 0.29) is 19.1 Å². The number of rotatable bonds is 42. The van der Waals surface area contributed by atoms with Gasteiger partial charge in [-0.1, -0.05) is 172 Å². The highest BCUT2D eigenvalue weighted by Gasteiger charge is 2.27. The minimum absolute atomic E-state index is 0.0523. The summed E-state index contributed by atoms with van der Waals surface area (Å²) in [6, 6.07) is -0.870. The lowest BCUT2D eigenvalue weighted by atomic mass is 10.0. The lowest BCUT2D eigenvalue weighted by Gasteiger charge is -2.25. The average Bonchev–Trinajstić information content (AvgIpc) is 3.16. The third kappa shape index (κ3) is 42.4. The molecule has 0 aromatic heterocycles. The number of aliphatic hydroxyl groups is 1. The van der Waals surface area contributed by atoms with Crippen molar-refractivity contribution in [2.24, 2.45) is 0 Å². The Kier molecular flexibility index (Phi) is 38.8. The van der Waals surface area contributed by atoms with Crippen LogP contribution in [0.25, 0.3) is 0 Å². The molecule has 0 aliphatic carbocycles. The third-order valence-electron chi connectivity index (χ3n) is 10.2. The highest BCUT2D eigenvalue weighted by molar-refractivity contribution is 7.47. The van der Waals surface area contributed by atoms with E-state index in [1.807, 2.05) is 27.2 Å². The number of amides is 1. The van der Waals surface area contributed by atoms with Gasteiger partial charge < -0.3 is 19.8 Å². The average molecular weight is 824 g/mol. The van der Waals surface area contributed by atoms with Gasteiger partial charge in [-0.15, -0.1) is 0 Å². The standard InChI is InChI=1S/C48H91N2O6P/c1-6-8-10-12-14-16-18-20-22-23-24-25-26-27-28-30-32-34-36-38-40-42-48(52)49-46(45-56-57(53,54)55-44-43-50(3,4)5)47(51)41-39-37-35-33-31-29-21-19-17-15-13-11-9-7-2/h17,19,23-24,31,33,39,41,46-47,51H,6-16,18,20-22,25-30,32,34-38,40,42-45H2,1-5H3,(H-,49,52,53,54)/p+1/b19-17+,24-23-,33-31+,41-39+. The molecular weight excluding hydrogens is 732 g/mol. The molecule has 0 bridgehead atoms. The van der Waals surface area contributed by atoms with Crippen LogP contribution in [0.3, 0.4) is 0 Å². The molecule has 0 aliphatic heterocycles. The van der Waals surface area contributed by atoms with E-state index < -0.39 is 20.0 Å². The quantitative estimate of drug-likeness (QED) is 0.0245. The molecule has 3 unspecified atom stereocenters. The maximum Gasteiger partial charge on any atom is 0.472 e. The van der Waals surface area contributed by atoms with Crippen molar-refractivity contribution in [2.75, 3.05) is 40.9 Å². The smallest absolute Gasteiger partial charge is 0.387 e. The number of nitrogens with zero attached hydrogens (tertiary/aromatic N) is 1. The van der Waals surface area contributed by atoms with Crippen molar-refractivity contribution >= 4 is 13.7 Å². The fourth-order valence-electron chi connectivity index (χ4n) is 6.48. The number of unbranched alkanes of at least 4 members (excludes halogenated alkanes) is 23. The fraction of sp³-hybridized carbons (Fsp3) is 0.812. The number of hydrogen-bond acceptors (Lipinski definition) is 5. The molecule has 3 atom stereocenters. The van der Waals surface area contributed by atoms with Crippen molar-refractivity contribution in [2.45, 2.75) is 212 Å². The van der Waals surface area contributed by atoms with Crippen molar-refractivity contribution < 1.29 is 32.9 Å². The van der Waals surface area contributed by atoms with Crippen molar-refractivity contribution in [3.8, 4) is 0 Å². The molecule has 9 heteroatoms. The Hall–Kier alpha value is -1.54. The van der Waals surface area contributed by atoms with Crippen LogP contribution in [0.15, 0.2) is 48.6 Å². The first-order valence-electron chi connectivity index (χ1n) is 23.5. The van der Waals surface area contributed by atoms with Gasteiger partial charge in [0.1, 0.15) is 13.2 Å². The van der Waals surface area contributed by atoms with Crippen molar-refractivity contribution in [3.63, 3.8) is 0 Å². The first kappa shape index (κ1) is 55.5. The van der Waals surface area contributed by atoms with Crippen LogP contribution in [0.4, 0.5) is 0 Å². The Bertz CT molecular complexity index is 1070. The van der Waals surface area contributed by atoms with Crippen molar-refractivity contribution in [1.82, 2.24) is 5.32 Å². The van der Waals surface area contributed by atoms with Crippen LogP contribution in [0.1, 0.15) is 200 Å². The molecule has 0 aromatic carbocycles. The van der Waals surface area contributed by atoms with Gasteiger partial charge in [-0.2, -0.15) is 0 Å². The van der Waals surface area contributed by atoms with E-state index in [4.69, 9.17) is 9.05 Å². The molecule has 3 N–H and O–H groups in total. The zero-order chi connectivity index (χ0) is 42.1. The summed E-state index contributed by atoms with van der Waals surface area (Å²) in [5, 5.41) is 13.8. The molecule has 0 heterocycles. The van der Waals surface area contributed by atoms with Crippen LogP contribution in [0.2, 0.25) is 0 Å². The van der Waals surface area contributed by atoms with Crippen LogP contribution in [-0.4, -0.2) is 73.4 Å². The highest BCUT2D eigenvalue weighted by atomic mass is 31.2. The summed E-state index contributed by atoms with van der Waals surface area (Å²) in [7, 11) is 1.54. The van der Waals surface area contributed by atoms with Crippen LogP contribution in [-0.2, 0) is 18.4 Å². The SMILES string of the molecule is CCCCCC/C=C/CC/C=C/CC/C=C/C(O)C(COP(=O)(O)OCC[N+](C)(C)C)NC(=O)CCCCCCCCCCC/C=C\CCCCCCCCCC. The molecule has 0 spiro atoms. The molecule has 0 radical (unpaired) electrons. The molecule has 0 fully saturated rings. The van der Waals surface area contributed by atoms with Gasteiger partial charge in [-0.05, 0) is 70.6 Å². The van der Waals surface area contributed by atoms with Gasteiger partial charge in [0, 0.05) is 6.42 Å². The van der Waals surface area contributed by atoms with E-state index in [0.717, 1.165) is 44.9 Å². The maximum absolute atomic E-state index is 12.9. The van der Waals surface area contributed by atoms with Crippen LogP contribution in [0, 0.1) is 0 Å². The van der Waals surface area contributed by atoms with E-state index in [2.05, 4.69) is 55.6 Å². The van der Waals surface area contributed by atoms with E-state index in [1.54, 1.807) is 6.08 Å². The number of likely N-dealkylation sites (N-methyl/N-ethyl adjacent to an activating group) is 1. The number of carbonyl (C=O) groups is 1. The van der Waals surface area contributed by atoms with Gasteiger partial charge in [-0.3, -0.25) is 13.8 Å². The minimum atomic E-state index is -4.35. The summed E-state index contributed by atoms with van der Waals surface area (Å²) in [6.45, 7) is 4.76. The van der Waals surface area contributed by atoms with E-state index in [9.17, 15) is 19.4 Å². The molecule has 0 aliphatic rings. The zero-order valence-corrected chi connectivity index (χ0v) is 38.7. The van der Waals surface area contributed by atoms with Crippen LogP contribution in [0.5, 0.6) is 0 Å². The van der Waals surface area contributed by atoms with Crippen LogP contribution >= 0.6 is 7.82 Å². The summed E-state index contributed by atoms with van der Waals surface area (Å²) >= 11 is 0. The van der Waals surface area contributed by atoms with Crippen molar-refractivity contribution in [1.29, 1.82) is 0 Å². The highest BCUT2D eigenvalue weighted by Crippen LogP contribution is 2.43. The first-order chi connectivity index (χ1) is 27.5. The lowest BCUT2D eigenvalue weighted by Crippen LogP contribution is -2.45. The maximum atomic E-state index is 12.9. The number of quaternary nitrogens is 1. The molecule has 0 rings (SSSR count). The fourth-order valence-corrected chi connectivity index (χ4v) is 7.21. The molecule has 0 saturated carbocycles. The Morgan fingerprint density at radius 2 is 0.965 bits per heavy atom. The second-order valence-electron chi connectivity index (χ2n) is 17.1. The van der Waals surface area contributed by atoms with E-state index in [1.165, 1.54) is 135 Å². The lowest BCUT2D eigenvalue weighted by molar-refractivity contribution is -0.870. The van der Waals surface area contributed by atoms with Gasteiger partial charge in [0.05, 0.1) is 39.9 Å². The first-order valence-corrected chi connectivity index (χ1v) is 25.0. The Balaban J connectivity index is 4.39. The predicted octanol–water partition coefficient (Wildman–Crippen LogP) is 13.2. The predicted molar refractivity (Wildman–Crippen MR) is 244 cm³/mol. The van der Waals surface area contributed by atoms with E-state index in [0.29, 0.717) is 17.4 Å². The second kappa shape index (κ2) is 39.9. The molecule has 57 heavy (non-hydrogen) atoms. The topological polar surface area (TPSA) is 105 Å². The number of allylic oxidation sites excluding steroid dienone is 7. The Labute approximate surface area is 352 Å². The molecule has 334 valence electrons. The number of aliphatic hydroxyl groups excluding tert-OH is 1. The van der Waals surface area contributed by atoms with Gasteiger partial charge in [-0.25, -0.2) is 4.57 Å². The second-order valence-corrected chi connectivity index (χ2v) is 18.6. The number of carbonyl (C=O) groups excluding carboxylic acids is 1. The largest absolute Gasteiger partial charge is 0.472 e. The third-order valence-corrected chi connectivity index (χ3v) is 11.2. The van der Waals surface area contributed by atoms with Gasteiger partial charge >= 0.3 is 7.82 Å². The van der Waals surface area contributed by atoms with Gasteiger partial charge in [0.2, 0.25) is 5.91 Å². The summed E-state index contributed by atoms with van der Waals surface area (Å²) in [5.41, 5.74) is 0. The van der Waals surface area contributed by atoms with Crippen LogP contribution < -0.4 is 5.32 Å².